The van der Waals surface area contributed by atoms with E-state index in [4.69, 9.17) is 4.42 Å². The van der Waals surface area contributed by atoms with Gasteiger partial charge in [0.2, 0.25) is 0 Å². The van der Waals surface area contributed by atoms with Crippen molar-refractivity contribution in [3.05, 3.63) is 83.7 Å². The highest BCUT2D eigenvalue weighted by atomic mass is 19.3. The SMILES string of the molecule is C[C@H](c1cccc(C(F)F)c1F)N1NC=Cc2cc(-c3ccoc3)ccc21. The summed E-state index contributed by atoms with van der Waals surface area (Å²) < 4.78 is 45.8. The van der Waals surface area contributed by atoms with Crippen molar-refractivity contribution in [1.29, 1.82) is 0 Å². The molecule has 2 heterocycles. The molecule has 1 aliphatic rings. The van der Waals surface area contributed by atoms with Crippen LogP contribution in [0.2, 0.25) is 0 Å². The smallest absolute Gasteiger partial charge is 0.266 e. The second-order valence-electron chi connectivity index (χ2n) is 6.35. The van der Waals surface area contributed by atoms with Gasteiger partial charge in [0.25, 0.3) is 6.43 Å². The van der Waals surface area contributed by atoms with Crippen LogP contribution >= 0.6 is 0 Å². The average Bonchev–Trinajstić information content (AvgIpc) is 3.21. The van der Waals surface area contributed by atoms with E-state index in [1.54, 1.807) is 30.7 Å². The van der Waals surface area contributed by atoms with Crippen LogP contribution in [-0.4, -0.2) is 0 Å². The molecule has 0 spiro atoms. The highest BCUT2D eigenvalue weighted by molar-refractivity contribution is 5.77. The van der Waals surface area contributed by atoms with Gasteiger partial charge in [-0.1, -0.05) is 24.3 Å². The fourth-order valence-electron chi connectivity index (χ4n) is 3.31. The summed E-state index contributed by atoms with van der Waals surface area (Å²) in [6.07, 6.45) is 4.08. The van der Waals surface area contributed by atoms with Crippen molar-refractivity contribution >= 4 is 11.8 Å². The third kappa shape index (κ3) is 3.07. The zero-order valence-electron chi connectivity index (χ0n) is 14.5. The molecule has 3 aromatic rings. The first-order valence-corrected chi connectivity index (χ1v) is 8.51. The molecule has 0 radical (unpaired) electrons. The first-order valence-electron chi connectivity index (χ1n) is 8.51. The maximum atomic E-state index is 14.6. The monoisotopic (exact) mass is 370 g/mol. The number of alkyl halides is 2. The van der Waals surface area contributed by atoms with E-state index in [1.165, 1.54) is 12.1 Å². The van der Waals surface area contributed by atoms with Crippen LogP contribution in [0.3, 0.4) is 0 Å². The van der Waals surface area contributed by atoms with E-state index < -0.39 is 23.8 Å². The number of benzene rings is 2. The van der Waals surface area contributed by atoms with Gasteiger partial charge in [-0.2, -0.15) is 0 Å². The van der Waals surface area contributed by atoms with Crippen molar-refractivity contribution in [2.24, 2.45) is 0 Å². The van der Waals surface area contributed by atoms with Crippen molar-refractivity contribution in [3.8, 4) is 11.1 Å². The second-order valence-corrected chi connectivity index (χ2v) is 6.35. The standard InChI is InChI=1S/C21H17F3N2O/c1-13(17-3-2-4-18(20(17)22)21(23)24)26-19-6-5-14(16-8-10-27-12-16)11-15(19)7-9-25-26/h2-13,21,25H,1H3/t13-/m1/s1. The minimum absolute atomic E-state index is 0.209. The van der Waals surface area contributed by atoms with Crippen LogP contribution in [0, 0.1) is 5.82 Å². The number of fused-ring (bicyclic) bond motifs is 1. The van der Waals surface area contributed by atoms with E-state index in [2.05, 4.69) is 5.43 Å². The summed E-state index contributed by atoms with van der Waals surface area (Å²) in [7, 11) is 0. The summed E-state index contributed by atoms with van der Waals surface area (Å²) >= 11 is 0. The molecule has 3 nitrogen and oxygen atoms in total. The molecule has 0 aliphatic carbocycles. The van der Waals surface area contributed by atoms with E-state index >= 15 is 0 Å². The van der Waals surface area contributed by atoms with Gasteiger partial charge < -0.3 is 9.84 Å². The number of hydrazine groups is 1. The number of furan rings is 1. The maximum absolute atomic E-state index is 14.6. The predicted octanol–water partition coefficient (Wildman–Crippen LogP) is 6.08. The Balaban J connectivity index is 1.71. The maximum Gasteiger partial charge on any atom is 0.266 e. The topological polar surface area (TPSA) is 28.4 Å². The zero-order chi connectivity index (χ0) is 19.0. The number of anilines is 1. The number of hydrogen-bond donors (Lipinski definition) is 1. The molecule has 0 unspecified atom stereocenters. The molecule has 4 rings (SSSR count). The van der Waals surface area contributed by atoms with Crippen LogP contribution in [0.25, 0.3) is 17.2 Å². The summed E-state index contributed by atoms with van der Waals surface area (Å²) in [6.45, 7) is 1.77. The molecule has 6 heteroatoms. The van der Waals surface area contributed by atoms with E-state index in [-0.39, 0.29) is 5.56 Å². The van der Waals surface area contributed by atoms with E-state index in [0.717, 1.165) is 28.4 Å². The normalized spacial score (nSPS) is 14.2. The molecule has 27 heavy (non-hydrogen) atoms. The van der Waals surface area contributed by atoms with Gasteiger partial charge in [-0.25, -0.2) is 13.2 Å². The van der Waals surface area contributed by atoms with Crippen LogP contribution in [0.4, 0.5) is 18.9 Å². The molecular formula is C21H17F3N2O. The van der Waals surface area contributed by atoms with Crippen molar-refractivity contribution in [3.63, 3.8) is 0 Å². The Morgan fingerprint density at radius 2 is 1.85 bits per heavy atom. The summed E-state index contributed by atoms with van der Waals surface area (Å²) in [4.78, 5) is 0. The third-order valence-electron chi connectivity index (χ3n) is 4.75. The lowest BCUT2D eigenvalue weighted by Crippen LogP contribution is -2.39. The molecule has 138 valence electrons. The van der Waals surface area contributed by atoms with Gasteiger partial charge in [0, 0.05) is 22.9 Å². The molecule has 1 atom stereocenters. The summed E-state index contributed by atoms with van der Waals surface area (Å²) in [6, 6.07) is 11.3. The summed E-state index contributed by atoms with van der Waals surface area (Å²) in [5, 5.41) is 1.77. The number of rotatable bonds is 4. The Bertz CT molecular complexity index is 983. The first-order chi connectivity index (χ1) is 13.1. The minimum atomic E-state index is -2.85. The zero-order valence-corrected chi connectivity index (χ0v) is 14.5. The van der Waals surface area contributed by atoms with E-state index in [1.807, 2.05) is 30.3 Å². The molecule has 0 bridgehead atoms. The van der Waals surface area contributed by atoms with Crippen LogP contribution in [0.5, 0.6) is 0 Å². The number of nitrogens with one attached hydrogen (secondary N) is 1. The quantitative estimate of drug-likeness (QED) is 0.603. The van der Waals surface area contributed by atoms with Crippen molar-refractivity contribution in [2.45, 2.75) is 19.4 Å². The lowest BCUT2D eigenvalue weighted by Gasteiger charge is -2.35. The second kappa shape index (κ2) is 6.87. The van der Waals surface area contributed by atoms with Crippen molar-refractivity contribution in [1.82, 2.24) is 5.43 Å². The van der Waals surface area contributed by atoms with Crippen LogP contribution in [-0.2, 0) is 0 Å². The summed E-state index contributed by atoms with van der Waals surface area (Å²) in [5.41, 5.74) is 6.43. The van der Waals surface area contributed by atoms with Gasteiger partial charge in [-0.05, 0) is 36.8 Å². The third-order valence-corrected chi connectivity index (χ3v) is 4.75. The van der Waals surface area contributed by atoms with Crippen molar-refractivity contribution < 1.29 is 17.6 Å². The Hall–Kier alpha value is -3.15. The van der Waals surface area contributed by atoms with E-state index in [0.29, 0.717) is 0 Å². The first kappa shape index (κ1) is 17.3. The summed E-state index contributed by atoms with van der Waals surface area (Å²) in [5.74, 6) is -0.868. The van der Waals surface area contributed by atoms with Gasteiger partial charge in [-0.3, -0.25) is 5.01 Å². The number of hydrogen-bond acceptors (Lipinski definition) is 3. The molecule has 1 aromatic heterocycles. The van der Waals surface area contributed by atoms with E-state index in [9.17, 15) is 13.2 Å². The Morgan fingerprint density at radius 1 is 1.04 bits per heavy atom. The molecule has 0 saturated heterocycles. The molecule has 0 amide bonds. The van der Waals surface area contributed by atoms with Gasteiger partial charge >= 0.3 is 0 Å². The fraction of sp³-hybridized carbons (Fsp3) is 0.143. The molecule has 0 saturated carbocycles. The molecule has 0 fully saturated rings. The average molecular weight is 370 g/mol. The Kier molecular flexibility index (Phi) is 4.39. The van der Waals surface area contributed by atoms with Crippen LogP contribution < -0.4 is 10.4 Å². The van der Waals surface area contributed by atoms with Gasteiger partial charge in [0.1, 0.15) is 5.82 Å². The molecule has 1 aliphatic heterocycles. The lowest BCUT2D eigenvalue weighted by molar-refractivity contribution is 0.146. The van der Waals surface area contributed by atoms with Gasteiger partial charge in [0.15, 0.2) is 0 Å². The van der Waals surface area contributed by atoms with Gasteiger partial charge in [0.05, 0.1) is 29.8 Å². The number of nitrogens with zero attached hydrogens (tertiary/aromatic N) is 1. The molecule has 2 aromatic carbocycles. The molecular weight excluding hydrogens is 353 g/mol. The highest BCUT2D eigenvalue weighted by Gasteiger charge is 2.25. The number of halogens is 3. The molecule has 1 N–H and O–H groups in total. The van der Waals surface area contributed by atoms with Crippen molar-refractivity contribution in [2.75, 3.05) is 5.01 Å². The predicted molar refractivity (Wildman–Crippen MR) is 98.6 cm³/mol. The largest absolute Gasteiger partial charge is 0.472 e. The Morgan fingerprint density at radius 3 is 2.59 bits per heavy atom. The fourth-order valence-corrected chi connectivity index (χ4v) is 3.31. The van der Waals surface area contributed by atoms with Crippen LogP contribution in [0.15, 0.2) is 65.6 Å². The Labute approximate surface area is 154 Å². The lowest BCUT2D eigenvalue weighted by atomic mass is 9.99. The van der Waals surface area contributed by atoms with Gasteiger partial charge in [-0.15, -0.1) is 0 Å². The minimum Gasteiger partial charge on any atom is -0.472 e. The van der Waals surface area contributed by atoms with Crippen LogP contribution in [0.1, 0.15) is 36.1 Å². The highest BCUT2D eigenvalue weighted by Crippen LogP contribution is 2.36.